The maximum Gasteiger partial charge on any atom is 0.264 e. The Hall–Kier alpha value is -1.66. The van der Waals surface area contributed by atoms with Crippen LogP contribution in [-0.4, -0.2) is 30.3 Å². The Labute approximate surface area is 166 Å². The molecule has 1 N–H and O–H groups in total. The molecule has 0 spiro atoms. The fourth-order valence-corrected chi connectivity index (χ4v) is 4.92. The zero-order valence-corrected chi connectivity index (χ0v) is 17.7. The van der Waals surface area contributed by atoms with Crippen LogP contribution in [0, 0.1) is 12.8 Å². The van der Waals surface area contributed by atoms with Crippen LogP contribution in [0.5, 0.6) is 0 Å². The lowest BCUT2D eigenvalue weighted by atomic mass is 9.90. The number of thiophene rings is 1. The molecule has 1 aromatic heterocycles. The molecule has 0 saturated heterocycles. The van der Waals surface area contributed by atoms with Crippen molar-refractivity contribution in [2.45, 2.75) is 33.1 Å². The molecular formula is C20H23BrN2O2S. The van der Waals surface area contributed by atoms with Crippen LogP contribution in [0.15, 0.2) is 28.7 Å². The Balaban J connectivity index is 1.63. The maximum absolute atomic E-state index is 12.7. The fourth-order valence-electron chi connectivity index (χ4n) is 3.24. The standard InChI is InChI=1S/C20H23BrN2O2S/c1-12-4-7-17-14(8-12)10-18(26-17)20(25)23(3)11-19(24)22-16-6-5-15(21)9-13(16)2/h5-6,9-10,12H,4,7-8,11H2,1-3H3,(H,22,24)/t12-/m0/s1. The van der Waals surface area contributed by atoms with E-state index in [9.17, 15) is 9.59 Å². The molecule has 2 amide bonds. The van der Waals surface area contributed by atoms with Gasteiger partial charge in [-0.2, -0.15) is 0 Å². The van der Waals surface area contributed by atoms with E-state index in [0.717, 1.165) is 33.4 Å². The van der Waals surface area contributed by atoms with E-state index in [-0.39, 0.29) is 18.4 Å². The number of likely N-dealkylation sites (N-methyl/N-ethyl adjacent to an activating group) is 1. The smallest absolute Gasteiger partial charge is 0.264 e. The summed E-state index contributed by atoms with van der Waals surface area (Å²) in [5.41, 5.74) is 3.04. The van der Waals surface area contributed by atoms with Crippen LogP contribution >= 0.6 is 27.3 Å². The number of fused-ring (bicyclic) bond motifs is 1. The van der Waals surface area contributed by atoms with Gasteiger partial charge in [0.15, 0.2) is 0 Å². The Morgan fingerprint density at radius 2 is 2.12 bits per heavy atom. The summed E-state index contributed by atoms with van der Waals surface area (Å²) < 4.78 is 0.969. The normalized spacial score (nSPS) is 16.1. The summed E-state index contributed by atoms with van der Waals surface area (Å²) in [7, 11) is 1.68. The van der Waals surface area contributed by atoms with Crippen molar-refractivity contribution in [3.63, 3.8) is 0 Å². The molecule has 6 heteroatoms. The number of aryl methyl sites for hydroxylation is 2. The first-order chi connectivity index (χ1) is 12.3. The van der Waals surface area contributed by atoms with Crippen LogP contribution in [0.25, 0.3) is 0 Å². The first-order valence-corrected chi connectivity index (χ1v) is 10.4. The highest BCUT2D eigenvalue weighted by molar-refractivity contribution is 9.10. The number of rotatable bonds is 4. The van der Waals surface area contributed by atoms with Crippen molar-refractivity contribution < 1.29 is 9.59 Å². The molecule has 0 unspecified atom stereocenters. The Morgan fingerprint density at radius 1 is 1.35 bits per heavy atom. The number of nitrogens with zero attached hydrogens (tertiary/aromatic N) is 1. The molecule has 0 radical (unpaired) electrons. The molecule has 2 aromatic rings. The van der Waals surface area contributed by atoms with E-state index in [1.807, 2.05) is 31.2 Å². The van der Waals surface area contributed by atoms with E-state index in [0.29, 0.717) is 5.92 Å². The van der Waals surface area contributed by atoms with Crippen molar-refractivity contribution in [2.75, 3.05) is 18.9 Å². The van der Waals surface area contributed by atoms with E-state index in [1.165, 1.54) is 21.8 Å². The van der Waals surface area contributed by atoms with Gasteiger partial charge in [-0.25, -0.2) is 0 Å². The van der Waals surface area contributed by atoms with E-state index in [4.69, 9.17) is 0 Å². The number of hydrogen-bond acceptors (Lipinski definition) is 3. The van der Waals surface area contributed by atoms with Crippen molar-refractivity contribution >= 4 is 44.8 Å². The number of carbonyl (C=O) groups excluding carboxylic acids is 2. The van der Waals surface area contributed by atoms with Crippen molar-refractivity contribution in [3.05, 3.63) is 49.6 Å². The topological polar surface area (TPSA) is 49.4 Å². The quantitative estimate of drug-likeness (QED) is 0.760. The predicted octanol–water partition coefficient (Wildman–Crippen LogP) is 4.65. The highest BCUT2D eigenvalue weighted by Gasteiger charge is 2.23. The van der Waals surface area contributed by atoms with Gasteiger partial charge in [0.1, 0.15) is 0 Å². The molecule has 4 nitrogen and oxygen atoms in total. The van der Waals surface area contributed by atoms with Crippen LogP contribution < -0.4 is 5.32 Å². The summed E-state index contributed by atoms with van der Waals surface area (Å²) in [6, 6.07) is 7.70. The van der Waals surface area contributed by atoms with Crippen LogP contribution in [0.3, 0.4) is 0 Å². The summed E-state index contributed by atoms with van der Waals surface area (Å²) in [5.74, 6) is 0.402. The minimum atomic E-state index is -0.193. The van der Waals surface area contributed by atoms with E-state index in [2.05, 4.69) is 28.2 Å². The molecule has 0 bridgehead atoms. The molecule has 0 fully saturated rings. The SMILES string of the molecule is Cc1cc(Br)ccc1NC(=O)CN(C)C(=O)c1cc2c(s1)CC[C@H](C)C2. The van der Waals surface area contributed by atoms with E-state index in [1.54, 1.807) is 18.4 Å². The second kappa shape index (κ2) is 7.92. The van der Waals surface area contributed by atoms with Gasteiger partial charge in [0.2, 0.25) is 5.91 Å². The zero-order chi connectivity index (χ0) is 18.8. The van der Waals surface area contributed by atoms with Gasteiger partial charge in [0.05, 0.1) is 11.4 Å². The molecule has 0 aliphatic heterocycles. The third-order valence-corrected chi connectivity index (χ3v) is 6.45. The molecule has 138 valence electrons. The molecule has 1 aliphatic carbocycles. The number of nitrogens with one attached hydrogen (secondary N) is 1. The molecule has 1 heterocycles. The monoisotopic (exact) mass is 434 g/mol. The summed E-state index contributed by atoms with van der Waals surface area (Å²) in [5, 5.41) is 2.88. The lowest BCUT2D eigenvalue weighted by Gasteiger charge is -2.16. The average molecular weight is 435 g/mol. The molecule has 1 aliphatic rings. The lowest BCUT2D eigenvalue weighted by molar-refractivity contribution is -0.116. The Morgan fingerprint density at radius 3 is 2.85 bits per heavy atom. The summed E-state index contributed by atoms with van der Waals surface area (Å²) in [6.07, 6.45) is 3.29. The van der Waals surface area contributed by atoms with Gasteiger partial charge < -0.3 is 10.2 Å². The van der Waals surface area contributed by atoms with Crippen LogP contribution in [0.2, 0.25) is 0 Å². The number of amides is 2. The number of hydrogen-bond donors (Lipinski definition) is 1. The third kappa shape index (κ3) is 4.35. The van der Waals surface area contributed by atoms with Gasteiger partial charge in [-0.3, -0.25) is 9.59 Å². The van der Waals surface area contributed by atoms with Crippen LogP contribution in [0.1, 0.15) is 39.0 Å². The van der Waals surface area contributed by atoms with Crippen molar-refractivity contribution in [1.29, 1.82) is 0 Å². The largest absolute Gasteiger partial charge is 0.332 e. The second-order valence-corrected chi connectivity index (χ2v) is 9.13. The molecule has 26 heavy (non-hydrogen) atoms. The number of benzene rings is 1. The fraction of sp³-hybridized carbons (Fsp3) is 0.400. The van der Waals surface area contributed by atoms with Crippen molar-refractivity contribution in [2.24, 2.45) is 5.92 Å². The number of carbonyl (C=O) groups is 2. The van der Waals surface area contributed by atoms with Crippen LogP contribution in [-0.2, 0) is 17.6 Å². The third-order valence-electron chi connectivity index (χ3n) is 4.73. The molecular weight excluding hydrogens is 412 g/mol. The molecule has 1 atom stereocenters. The summed E-state index contributed by atoms with van der Waals surface area (Å²) in [6.45, 7) is 4.22. The van der Waals surface area contributed by atoms with Crippen LogP contribution in [0.4, 0.5) is 5.69 Å². The first kappa shape index (κ1) is 19.1. The van der Waals surface area contributed by atoms with Gasteiger partial charge in [-0.1, -0.05) is 22.9 Å². The van der Waals surface area contributed by atoms with Gasteiger partial charge >= 0.3 is 0 Å². The highest BCUT2D eigenvalue weighted by Crippen LogP contribution is 2.32. The highest BCUT2D eigenvalue weighted by atomic mass is 79.9. The average Bonchev–Trinajstić information content (AvgIpc) is 2.99. The van der Waals surface area contributed by atoms with Gasteiger partial charge in [-0.15, -0.1) is 11.3 Å². The predicted molar refractivity (Wildman–Crippen MR) is 110 cm³/mol. The molecule has 1 aromatic carbocycles. The zero-order valence-electron chi connectivity index (χ0n) is 15.3. The van der Waals surface area contributed by atoms with Crippen molar-refractivity contribution in [3.8, 4) is 0 Å². The summed E-state index contributed by atoms with van der Waals surface area (Å²) in [4.78, 5) is 28.6. The maximum atomic E-state index is 12.7. The lowest BCUT2D eigenvalue weighted by Crippen LogP contribution is -2.34. The Bertz CT molecular complexity index is 846. The Kier molecular flexibility index (Phi) is 5.82. The number of anilines is 1. The van der Waals surface area contributed by atoms with E-state index >= 15 is 0 Å². The van der Waals surface area contributed by atoms with Crippen molar-refractivity contribution in [1.82, 2.24) is 4.90 Å². The minimum Gasteiger partial charge on any atom is -0.332 e. The van der Waals surface area contributed by atoms with Gasteiger partial charge in [0.25, 0.3) is 5.91 Å². The summed E-state index contributed by atoms with van der Waals surface area (Å²) >= 11 is 4.99. The minimum absolute atomic E-state index is 0.0350. The molecule has 3 rings (SSSR count). The van der Waals surface area contributed by atoms with Gasteiger partial charge in [-0.05, 0) is 67.5 Å². The second-order valence-electron chi connectivity index (χ2n) is 7.08. The molecule has 0 saturated carbocycles. The van der Waals surface area contributed by atoms with E-state index < -0.39 is 0 Å². The van der Waals surface area contributed by atoms with Gasteiger partial charge in [0, 0.05) is 22.1 Å². The number of halogens is 1. The first-order valence-electron chi connectivity index (χ1n) is 8.76.